The van der Waals surface area contributed by atoms with Gasteiger partial charge in [0.1, 0.15) is 29.7 Å². The number of nitrogens with zero attached hydrogens (tertiary/aromatic N) is 2. The van der Waals surface area contributed by atoms with Gasteiger partial charge < -0.3 is 19.5 Å². The summed E-state index contributed by atoms with van der Waals surface area (Å²) in [5.41, 5.74) is 5.34. The molecule has 0 spiro atoms. The highest BCUT2D eigenvalue weighted by molar-refractivity contribution is 6.42. The van der Waals surface area contributed by atoms with E-state index in [2.05, 4.69) is 55.0 Å². The Morgan fingerprint density at radius 1 is 1.07 bits per heavy atom. The summed E-state index contributed by atoms with van der Waals surface area (Å²) in [7, 11) is 2.07. The van der Waals surface area contributed by atoms with E-state index in [4.69, 9.17) is 32.7 Å². The molecule has 0 saturated carbocycles. The van der Waals surface area contributed by atoms with Crippen LogP contribution >= 0.6 is 23.2 Å². The second kappa shape index (κ2) is 12.3. The molecule has 3 aromatic carbocycles. The van der Waals surface area contributed by atoms with Crippen LogP contribution in [0.25, 0.3) is 0 Å². The molecule has 0 unspecified atom stereocenters. The molecule has 0 aliphatic carbocycles. The van der Waals surface area contributed by atoms with Crippen molar-refractivity contribution in [3.63, 3.8) is 0 Å². The molecule has 2 heterocycles. The number of carboxylic acid groups (broad SMARTS) is 1. The number of anilines is 1. The van der Waals surface area contributed by atoms with Crippen LogP contribution in [0.1, 0.15) is 67.6 Å². The first-order valence-electron chi connectivity index (χ1n) is 14.0. The summed E-state index contributed by atoms with van der Waals surface area (Å²) in [5, 5.41) is 10.9. The Labute approximate surface area is 246 Å². The molecule has 6 nitrogen and oxygen atoms in total. The second-order valence-electron chi connectivity index (χ2n) is 10.7. The maximum absolute atomic E-state index is 12.0. The topological polar surface area (TPSA) is 62.2 Å². The highest BCUT2D eigenvalue weighted by Gasteiger charge is 2.33. The Hall–Kier alpha value is -2.93. The average Bonchev–Trinajstić information content (AvgIpc) is 3.10. The maximum atomic E-state index is 12.0. The second-order valence-corrected chi connectivity index (χ2v) is 11.5. The van der Waals surface area contributed by atoms with Crippen LogP contribution in [0.2, 0.25) is 10.0 Å². The highest BCUT2D eigenvalue weighted by Crippen LogP contribution is 2.41. The molecule has 40 heavy (non-hydrogen) atoms. The molecule has 0 fully saturated rings. The smallest absolute Gasteiger partial charge is 0.321 e. The zero-order valence-electron chi connectivity index (χ0n) is 23.2. The fourth-order valence-corrected chi connectivity index (χ4v) is 6.03. The number of rotatable bonds is 8. The molecule has 2 aliphatic heterocycles. The lowest BCUT2D eigenvalue weighted by atomic mass is 9.92. The van der Waals surface area contributed by atoms with Gasteiger partial charge in [-0.2, -0.15) is 0 Å². The van der Waals surface area contributed by atoms with Crippen molar-refractivity contribution < 1.29 is 19.4 Å². The largest absolute Gasteiger partial charge is 0.486 e. The number of hydrogen-bond acceptors (Lipinski definition) is 5. The first-order valence-corrected chi connectivity index (χ1v) is 14.7. The van der Waals surface area contributed by atoms with E-state index < -0.39 is 12.0 Å². The van der Waals surface area contributed by atoms with Crippen molar-refractivity contribution in [3.05, 3.63) is 86.9 Å². The van der Waals surface area contributed by atoms with Crippen LogP contribution in [0, 0.1) is 0 Å². The molecule has 8 heteroatoms. The summed E-state index contributed by atoms with van der Waals surface area (Å²) in [4.78, 5) is 16.2. The molecule has 1 N–H and O–H groups in total. The van der Waals surface area contributed by atoms with E-state index in [0.29, 0.717) is 23.0 Å². The lowest BCUT2D eigenvalue weighted by Crippen LogP contribution is -2.45. The zero-order valence-corrected chi connectivity index (χ0v) is 24.7. The third-order valence-electron chi connectivity index (χ3n) is 7.93. The molecular formula is C32H36Cl2N2O4. The summed E-state index contributed by atoms with van der Waals surface area (Å²) in [5.74, 6) is 0.874. The van der Waals surface area contributed by atoms with Gasteiger partial charge in [0.2, 0.25) is 0 Å². The van der Waals surface area contributed by atoms with Crippen LogP contribution in [-0.4, -0.2) is 42.2 Å². The van der Waals surface area contributed by atoms with E-state index in [0.717, 1.165) is 71.8 Å². The van der Waals surface area contributed by atoms with Crippen LogP contribution < -0.4 is 14.4 Å². The van der Waals surface area contributed by atoms with Crippen molar-refractivity contribution in [1.82, 2.24) is 4.90 Å². The molecule has 3 aromatic rings. The Morgan fingerprint density at radius 2 is 1.85 bits per heavy atom. The van der Waals surface area contributed by atoms with Crippen molar-refractivity contribution in [1.29, 1.82) is 0 Å². The molecular weight excluding hydrogens is 547 g/mol. The normalized spacial score (nSPS) is 19.7. The van der Waals surface area contributed by atoms with E-state index in [1.807, 2.05) is 24.3 Å². The van der Waals surface area contributed by atoms with Crippen LogP contribution in [0.3, 0.4) is 0 Å². The minimum Gasteiger partial charge on any atom is -0.486 e. The molecule has 0 radical (unpaired) electrons. The third kappa shape index (κ3) is 6.04. The highest BCUT2D eigenvalue weighted by atomic mass is 35.5. The first-order chi connectivity index (χ1) is 19.3. The predicted octanol–water partition coefficient (Wildman–Crippen LogP) is 7.70. The van der Waals surface area contributed by atoms with E-state index in [9.17, 15) is 9.90 Å². The molecule has 0 amide bonds. The van der Waals surface area contributed by atoms with Gasteiger partial charge in [-0.1, -0.05) is 55.2 Å². The van der Waals surface area contributed by atoms with Crippen molar-refractivity contribution in [2.24, 2.45) is 0 Å². The lowest BCUT2D eigenvalue weighted by Gasteiger charge is -2.35. The van der Waals surface area contributed by atoms with Crippen LogP contribution in [0.5, 0.6) is 11.5 Å². The molecule has 5 rings (SSSR count). The van der Waals surface area contributed by atoms with E-state index in [-0.39, 0.29) is 12.2 Å². The minimum absolute atomic E-state index is 0.102. The summed E-state index contributed by atoms with van der Waals surface area (Å²) < 4.78 is 12.9. The van der Waals surface area contributed by atoms with Crippen LogP contribution in [0.4, 0.5) is 5.69 Å². The van der Waals surface area contributed by atoms with Gasteiger partial charge in [0, 0.05) is 26.6 Å². The summed E-state index contributed by atoms with van der Waals surface area (Å²) in [6.45, 7) is 6.37. The van der Waals surface area contributed by atoms with Gasteiger partial charge in [-0.3, -0.25) is 9.69 Å². The molecule has 3 atom stereocenters. The number of aliphatic carboxylic acids is 1. The van der Waals surface area contributed by atoms with Gasteiger partial charge in [-0.05, 0) is 84.5 Å². The number of hydrogen-bond donors (Lipinski definition) is 1. The average molecular weight is 584 g/mol. The fourth-order valence-electron chi connectivity index (χ4n) is 5.72. The van der Waals surface area contributed by atoms with Crippen LogP contribution in [-0.2, 0) is 17.8 Å². The van der Waals surface area contributed by atoms with Gasteiger partial charge in [-0.15, -0.1) is 0 Å². The number of fused-ring (bicyclic) bond motifs is 2. The minimum atomic E-state index is -0.756. The standard InChI is InChI=1S/C32H36Cl2N2O4/c1-4-13-36-19-23-18-31-27(16-22(23)17-28(36)32(37)38)35(3)14-12-30(40-31)20-6-9-24(10-7-20)39-29(5-2)21-8-11-25(33)26(34)15-21/h6-11,15-16,18,28-30H,4-5,12-14,17,19H2,1-3H3,(H,37,38)/t28-,29+,30+/m0/s1. The first kappa shape index (κ1) is 28.6. The van der Waals surface area contributed by atoms with Gasteiger partial charge >= 0.3 is 5.97 Å². The van der Waals surface area contributed by atoms with Gasteiger partial charge in [0.15, 0.2) is 0 Å². The van der Waals surface area contributed by atoms with Crippen molar-refractivity contribution >= 4 is 34.9 Å². The van der Waals surface area contributed by atoms with Gasteiger partial charge in [0.05, 0.1) is 15.7 Å². The number of ether oxygens (including phenoxy) is 2. The van der Waals surface area contributed by atoms with Crippen LogP contribution in [0.15, 0.2) is 54.6 Å². The molecule has 2 aliphatic rings. The predicted molar refractivity (Wildman–Crippen MR) is 160 cm³/mol. The molecule has 0 saturated heterocycles. The summed E-state index contributed by atoms with van der Waals surface area (Å²) in [6, 6.07) is 17.5. The molecule has 212 valence electrons. The van der Waals surface area contributed by atoms with E-state index in [1.54, 1.807) is 6.07 Å². The SMILES string of the molecule is CCCN1Cc2cc3c(cc2C[C@H]1C(=O)O)N(C)CC[C@H](c1ccc(O[C@H](CC)c2ccc(Cl)c(Cl)c2)cc1)O3. The monoisotopic (exact) mass is 582 g/mol. The zero-order chi connectivity index (χ0) is 28.4. The number of carboxylic acids is 1. The Morgan fingerprint density at radius 3 is 2.52 bits per heavy atom. The summed E-state index contributed by atoms with van der Waals surface area (Å²) in [6.07, 6.45) is 2.82. The fraction of sp³-hybridized carbons (Fsp3) is 0.406. The lowest BCUT2D eigenvalue weighted by molar-refractivity contribution is -0.143. The number of benzene rings is 3. The number of halogens is 2. The van der Waals surface area contributed by atoms with Crippen molar-refractivity contribution in [3.8, 4) is 11.5 Å². The maximum Gasteiger partial charge on any atom is 0.321 e. The number of carbonyl (C=O) groups is 1. The quantitative estimate of drug-likeness (QED) is 0.293. The molecule has 0 aromatic heterocycles. The Kier molecular flexibility index (Phi) is 8.79. The van der Waals surface area contributed by atoms with E-state index >= 15 is 0 Å². The molecule has 0 bridgehead atoms. The third-order valence-corrected chi connectivity index (χ3v) is 8.67. The van der Waals surface area contributed by atoms with E-state index in [1.165, 1.54) is 0 Å². The van der Waals surface area contributed by atoms with Gasteiger partial charge in [-0.25, -0.2) is 0 Å². The van der Waals surface area contributed by atoms with Crippen molar-refractivity contribution in [2.45, 2.75) is 64.3 Å². The summed E-state index contributed by atoms with van der Waals surface area (Å²) >= 11 is 12.3. The Balaban J connectivity index is 1.34. The Bertz CT molecular complexity index is 1360. The van der Waals surface area contributed by atoms with Crippen molar-refractivity contribution in [2.75, 3.05) is 25.0 Å². The van der Waals surface area contributed by atoms with Gasteiger partial charge in [0.25, 0.3) is 0 Å².